The van der Waals surface area contributed by atoms with Gasteiger partial charge in [-0.3, -0.25) is 9.36 Å². The lowest BCUT2D eigenvalue weighted by molar-refractivity contribution is 0.145. The fourth-order valence-electron chi connectivity index (χ4n) is 5.35. The van der Waals surface area contributed by atoms with Gasteiger partial charge in [0.25, 0.3) is 5.56 Å². The SMILES string of the molecule is Cn1c(N2CCC(O)CC2)nc2oc(-c3ccc(C4(N)CCC4)cc3)c(-c3ccccc3)c2c1=O. The molecule has 35 heavy (non-hydrogen) atoms. The summed E-state index contributed by atoms with van der Waals surface area (Å²) >= 11 is 0. The number of fused-ring (bicyclic) bond motifs is 1. The minimum atomic E-state index is -0.303. The number of anilines is 1. The molecule has 0 amide bonds. The summed E-state index contributed by atoms with van der Waals surface area (Å²) in [6.45, 7) is 1.29. The fraction of sp³-hybridized carbons (Fsp3) is 0.357. The number of hydrogen-bond acceptors (Lipinski definition) is 6. The van der Waals surface area contributed by atoms with Crippen LogP contribution in [0.1, 0.15) is 37.7 Å². The highest BCUT2D eigenvalue weighted by atomic mass is 16.3. The molecular weight excluding hydrogens is 440 g/mol. The molecule has 6 rings (SSSR count). The molecule has 180 valence electrons. The van der Waals surface area contributed by atoms with E-state index in [1.165, 1.54) is 0 Å². The van der Waals surface area contributed by atoms with E-state index in [0.29, 0.717) is 48.7 Å². The molecule has 2 aromatic carbocycles. The molecule has 1 aliphatic heterocycles. The van der Waals surface area contributed by atoms with Gasteiger partial charge in [0.15, 0.2) is 0 Å². The minimum absolute atomic E-state index is 0.142. The van der Waals surface area contributed by atoms with Gasteiger partial charge in [-0.25, -0.2) is 0 Å². The lowest BCUT2D eigenvalue weighted by Crippen LogP contribution is -2.43. The van der Waals surface area contributed by atoms with Crippen LogP contribution in [0, 0.1) is 0 Å². The van der Waals surface area contributed by atoms with Crippen molar-refractivity contribution in [1.82, 2.24) is 9.55 Å². The Bertz CT molecular complexity index is 1430. The summed E-state index contributed by atoms with van der Waals surface area (Å²) in [6, 6.07) is 18.1. The maximum atomic E-state index is 13.7. The van der Waals surface area contributed by atoms with Crippen molar-refractivity contribution in [3.8, 4) is 22.5 Å². The van der Waals surface area contributed by atoms with Gasteiger partial charge >= 0.3 is 0 Å². The number of rotatable bonds is 4. The van der Waals surface area contributed by atoms with E-state index in [1.54, 1.807) is 11.6 Å². The first-order valence-corrected chi connectivity index (χ1v) is 12.4. The summed E-state index contributed by atoms with van der Waals surface area (Å²) in [5.74, 6) is 1.20. The van der Waals surface area contributed by atoms with Crippen molar-refractivity contribution in [3.05, 3.63) is 70.5 Å². The molecule has 0 unspecified atom stereocenters. The molecule has 0 spiro atoms. The minimum Gasteiger partial charge on any atom is -0.437 e. The van der Waals surface area contributed by atoms with Gasteiger partial charge in [0.1, 0.15) is 11.1 Å². The highest BCUT2D eigenvalue weighted by Crippen LogP contribution is 2.42. The average Bonchev–Trinajstić information content (AvgIpc) is 3.26. The highest BCUT2D eigenvalue weighted by Gasteiger charge is 2.34. The van der Waals surface area contributed by atoms with Crippen LogP contribution in [0.25, 0.3) is 33.6 Å². The molecule has 0 radical (unpaired) electrons. The number of aromatic nitrogens is 2. The van der Waals surface area contributed by atoms with Crippen LogP contribution in [0.3, 0.4) is 0 Å². The van der Waals surface area contributed by atoms with Gasteiger partial charge in [0.05, 0.1) is 6.10 Å². The molecule has 3 N–H and O–H groups in total. The second kappa shape index (κ2) is 8.36. The van der Waals surface area contributed by atoms with E-state index in [-0.39, 0.29) is 17.2 Å². The van der Waals surface area contributed by atoms with Gasteiger partial charge in [-0.2, -0.15) is 4.98 Å². The highest BCUT2D eigenvalue weighted by molar-refractivity contribution is 6.00. The zero-order valence-electron chi connectivity index (χ0n) is 19.9. The maximum Gasteiger partial charge on any atom is 0.266 e. The number of nitrogens with zero attached hydrogens (tertiary/aromatic N) is 3. The van der Waals surface area contributed by atoms with Crippen molar-refractivity contribution >= 4 is 17.0 Å². The zero-order valence-corrected chi connectivity index (χ0v) is 19.9. The van der Waals surface area contributed by atoms with Gasteiger partial charge in [-0.05, 0) is 43.2 Å². The van der Waals surface area contributed by atoms with E-state index in [9.17, 15) is 9.90 Å². The van der Waals surface area contributed by atoms with Gasteiger partial charge in [-0.1, -0.05) is 54.6 Å². The predicted molar refractivity (Wildman–Crippen MR) is 137 cm³/mol. The van der Waals surface area contributed by atoms with E-state index in [0.717, 1.165) is 41.5 Å². The van der Waals surface area contributed by atoms with E-state index in [4.69, 9.17) is 15.1 Å². The van der Waals surface area contributed by atoms with Gasteiger partial charge < -0.3 is 20.2 Å². The third kappa shape index (κ3) is 3.66. The quantitative estimate of drug-likeness (QED) is 0.465. The summed E-state index contributed by atoms with van der Waals surface area (Å²) in [5, 5.41) is 10.4. The number of furan rings is 1. The number of nitrogens with two attached hydrogens (primary N) is 1. The fourth-order valence-corrected chi connectivity index (χ4v) is 5.35. The van der Waals surface area contributed by atoms with E-state index < -0.39 is 0 Å². The third-order valence-corrected chi connectivity index (χ3v) is 7.69. The van der Waals surface area contributed by atoms with E-state index in [1.807, 2.05) is 47.4 Å². The van der Waals surface area contributed by atoms with Crippen LogP contribution in [0.5, 0.6) is 0 Å². The molecule has 7 heteroatoms. The van der Waals surface area contributed by atoms with Crippen LogP contribution in [0.15, 0.2) is 63.8 Å². The molecule has 0 atom stereocenters. The summed E-state index contributed by atoms with van der Waals surface area (Å²) in [4.78, 5) is 20.6. The van der Waals surface area contributed by atoms with Crippen molar-refractivity contribution in [2.24, 2.45) is 12.8 Å². The number of hydrogen-bond donors (Lipinski definition) is 2. The van der Waals surface area contributed by atoms with Crippen molar-refractivity contribution in [3.63, 3.8) is 0 Å². The summed E-state index contributed by atoms with van der Waals surface area (Å²) < 4.78 is 7.96. The second-order valence-corrected chi connectivity index (χ2v) is 9.93. The Balaban J connectivity index is 1.52. The maximum absolute atomic E-state index is 13.7. The molecule has 1 saturated carbocycles. The average molecular weight is 471 g/mol. The van der Waals surface area contributed by atoms with Gasteiger partial charge in [-0.15, -0.1) is 0 Å². The molecule has 2 aliphatic rings. The zero-order chi connectivity index (χ0) is 24.2. The summed E-state index contributed by atoms with van der Waals surface area (Å²) in [5.41, 5.74) is 10.2. The molecule has 2 aromatic heterocycles. The van der Waals surface area contributed by atoms with Crippen molar-refractivity contribution < 1.29 is 9.52 Å². The van der Waals surface area contributed by atoms with Crippen LogP contribution in [-0.4, -0.2) is 33.9 Å². The van der Waals surface area contributed by atoms with Crippen molar-refractivity contribution in [2.45, 2.75) is 43.7 Å². The van der Waals surface area contributed by atoms with Crippen LogP contribution >= 0.6 is 0 Å². The van der Waals surface area contributed by atoms with Gasteiger partial charge in [0.2, 0.25) is 11.7 Å². The van der Waals surface area contributed by atoms with Crippen molar-refractivity contribution in [1.29, 1.82) is 0 Å². The third-order valence-electron chi connectivity index (χ3n) is 7.69. The van der Waals surface area contributed by atoms with Crippen LogP contribution < -0.4 is 16.2 Å². The molecule has 1 aliphatic carbocycles. The van der Waals surface area contributed by atoms with E-state index >= 15 is 0 Å². The number of benzene rings is 2. The van der Waals surface area contributed by atoms with Crippen molar-refractivity contribution in [2.75, 3.05) is 18.0 Å². The first kappa shape index (κ1) is 22.1. The molecule has 4 aromatic rings. The molecule has 7 nitrogen and oxygen atoms in total. The Morgan fingerprint density at radius 2 is 1.71 bits per heavy atom. The summed E-state index contributed by atoms with van der Waals surface area (Å²) in [6.07, 6.45) is 4.17. The van der Waals surface area contributed by atoms with Crippen LogP contribution in [-0.2, 0) is 12.6 Å². The Hall–Kier alpha value is -3.42. The molecule has 1 saturated heterocycles. The summed E-state index contributed by atoms with van der Waals surface area (Å²) in [7, 11) is 1.75. The molecule has 2 fully saturated rings. The van der Waals surface area contributed by atoms with Crippen LogP contribution in [0.2, 0.25) is 0 Å². The molecular formula is C28H30N4O3. The first-order valence-electron chi connectivity index (χ1n) is 12.4. The normalized spacial score (nSPS) is 18.1. The number of piperidine rings is 1. The van der Waals surface area contributed by atoms with E-state index in [2.05, 4.69) is 12.1 Å². The molecule has 0 bridgehead atoms. The lowest BCUT2D eigenvalue weighted by atomic mass is 9.72. The Morgan fingerprint density at radius 1 is 1.03 bits per heavy atom. The Labute approximate surface area is 203 Å². The topological polar surface area (TPSA) is 97.5 Å². The van der Waals surface area contributed by atoms with Crippen LogP contribution in [0.4, 0.5) is 5.95 Å². The number of aliphatic hydroxyl groups is 1. The standard InChI is InChI=1S/C28H30N4O3/c1-31-26(34)23-22(18-6-3-2-4-7-18)24(19-8-10-20(11-9-19)28(29)14-5-15-28)35-25(23)30-27(31)32-16-12-21(33)13-17-32/h2-4,6-11,21,33H,5,12-17,29H2,1H3. The lowest BCUT2D eigenvalue weighted by Gasteiger charge is -2.38. The Kier molecular flexibility index (Phi) is 5.27. The smallest absolute Gasteiger partial charge is 0.266 e. The largest absolute Gasteiger partial charge is 0.437 e. The van der Waals surface area contributed by atoms with Gasteiger partial charge in [0, 0.05) is 36.8 Å². The number of aliphatic hydroxyl groups excluding tert-OH is 1. The monoisotopic (exact) mass is 470 g/mol. The second-order valence-electron chi connectivity index (χ2n) is 9.93. The molecule has 3 heterocycles. The predicted octanol–water partition coefficient (Wildman–Crippen LogP) is 4.16. The Morgan fingerprint density at radius 3 is 2.34 bits per heavy atom. The first-order chi connectivity index (χ1) is 16.9.